The number of ether oxygens (including phenoxy) is 2. The average Bonchev–Trinajstić information content (AvgIpc) is 3.08. The van der Waals surface area contributed by atoms with Gasteiger partial charge in [-0.3, -0.25) is 4.79 Å². The Morgan fingerprint density at radius 2 is 1.88 bits per heavy atom. The molecule has 1 aromatic heterocycles. The van der Waals surface area contributed by atoms with Crippen LogP contribution in [0, 0.1) is 0 Å². The van der Waals surface area contributed by atoms with E-state index in [0.717, 1.165) is 11.3 Å². The minimum atomic E-state index is -1.12. The van der Waals surface area contributed by atoms with Crippen molar-refractivity contribution in [3.63, 3.8) is 0 Å². The number of carbonyl (C=O) groups excluding carboxylic acids is 1. The van der Waals surface area contributed by atoms with Crippen molar-refractivity contribution in [1.82, 2.24) is 5.32 Å². The monoisotopic (exact) mass is 361 g/mol. The molecule has 140 valence electrons. The molecule has 0 aliphatic rings. The molecule has 1 aromatic carbocycles. The van der Waals surface area contributed by atoms with Crippen molar-refractivity contribution in [1.29, 1.82) is 0 Å². The summed E-state index contributed by atoms with van der Waals surface area (Å²) < 4.78 is 16.0. The van der Waals surface area contributed by atoms with Crippen molar-refractivity contribution in [3.8, 4) is 5.75 Å². The van der Waals surface area contributed by atoms with Crippen LogP contribution in [0.2, 0.25) is 0 Å². The van der Waals surface area contributed by atoms with Gasteiger partial charge in [-0.1, -0.05) is 19.1 Å². The van der Waals surface area contributed by atoms with E-state index < -0.39 is 11.9 Å². The Labute approximate surface area is 151 Å². The van der Waals surface area contributed by atoms with E-state index in [4.69, 9.17) is 19.0 Å². The summed E-state index contributed by atoms with van der Waals surface area (Å²) in [6.45, 7) is 3.57. The summed E-state index contributed by atoms with van der Waals surface area (Å²) in [4.78, 5) is 23.6. The maximum Gasteiger partial charge on any atom is 0.339 e. The van der Waals surface area contributed by atoms with E-state index in [1.165, 1.54) is 6.07 Å². The van der Waals surface area contributed by atoms with Crippen LogP contribution in [0.3, 0.4) is 0 Å². The third-order valence-corrected chi connectivity index (χ3v) is 4.10. The number of methoxy groups -OCH3 is 2. The Morgan fingerprint density at radius 3 is 2.35 bits per heavy atom. The molecule has 2 aromatic rings. The summed E-state index contributed by atoms with van der Waals surface area (Å²) >= 11 is 0. The second-order valence-electron chi connectivity index (χ2n) is 5.80. The number of rotatable bonds is 8. The molecule has 0 radical (unpaired) electrons. The van der Waals surface area contributed by atoms with Gasteiger partial charge in [-0.2, -0.15) is 0 Å². The predicted molar refractivity (Wildman–Crippen MR) is 94.7 cm³/mol. The van der Waals surface area contributed by atoms with Crippen LogP contribution >= 0.6 is 0 Å². The fourth-order valence-electron chi connectivity index (χ4n) is 2.76. The minimum Gasteiger partial charge on any atom is -0.497 e. The molecular formula is C19H23NO6. The van der Waals surface area contributed by atoms with E-state index in [1.54, 1.807) is 28.1 Å². The van der Waals surface area contributed by atoms with Gasteiger partial charge < -0.3 is 24.3 Å². The number of furan rings is 1. The first kappa shape index (κ1) is 19.5. The predicted octanol–water partition coefficient (Wildman–Crippen LogP) is 3.05. The summed E-state index contributed by atoms with van der Waals surface area (Å²) in [5.74, 6) is -0.644. The number of carbonyl (C=O) groups is 2. The van der Waals surface area contributed by atoms with Crippen LogP contribution in [-0.2, 0) is 11.2 Å². The van der Waals surface area contributed by atoms with E-state index in [0.29, 0.717) is 6.42 Å². The molecule has 0 fully saturated rings. The zero-order valence-electron chi connectivity index (χ0n) is 15.2. The number of amides is 1. The molecule has 0 saturated heterocycles. The highest BCUT2D eigenvalue weighted by molar-refractivity contribution is 5.96. The van der Waals surface area contributed by atoms with Crippen LogP contribution in [0.4, 0.5) is 0 Å². The van der Waals surface area contributed by atoms with Crippen molar-refractivity contribution >= 4 is 11.9 Å². The standard InChI is InChI=1S/C19H23NO6/c1-5-15-14(19(22)23)10-16(26-15)18(21)20-11(2)17(25-4)12-6-8-13(24-3)9-7-12/h6-11,17H,5H2,1-4H3,(H,20,21)(H,22,23). The molecule has 0 spiro atoms. The van der Waals surface area contributed by atoms with E-state index >= 15 is 0 Å². The van der Waals surface area contributed by atoms with Gasteiger partial charge in [0.1, 0.15) is 23.2 Å². The Bertz CT molecular complexity index is 765. The summed E-state index contributed by atoms with van der Waals surface area (Å²) in [6, 6.07) is 8.23. The molecule has 2 N–H and O–H groups in total. The smallest absolute Gasteiger partial charge is 0.339 e. The number of aromatic carboxylic acids is 1. The number of hydrogen-bond acceptors (Lipinski definition) is 5. The molecule has 2 atom stereocenters. The van der Waals surface area contributed by atoms with Crippen LogP contribution in [0.1, 0.15) is 52.2 Å². The number of aryl methyl sites for hydroxylation is 1. The van der Waals surface area contributed by atoms with Crippen LogP contribution < -0.4 is 10.1 Å². The first-order valence-electron chi connectivity index (χ1n) is 8.24. The van der Waals surface area contributed by atoms with E-state index in [1.807, 2.05) is 24.3 Å². The van der Waals surface area contributed by atoms with Crippen LogP contribution in [-0.4, -0.2) is 37.2 Å². The topological polar surface area (TPSA) is 98.0 Å². The molecule has 2 unspecified atom stereocenters. The van der Waals surface area contributed by atoms with Gasteiger partial charge in [-0.15, -0.1) is 0 Å². The van der Waals surface area contributed by atoms with Gasteiger partial charge in [0.15, 0.2) is 5.76 Å². The van der Waals surface area contributed by atoms with Crippen molar-refractivity contribution in [3.05, 3.63) is 53.0 Å². The van der Waals surface area contributed by atoms with Crippen LogP contribution in [0.5, 0.6) is 5.75 Å². The maximum atomic E-state index is 12.4. The first-order chi connectivity index (χ1) is 12.4. The lowest BCUT2D eigenvalue weighted by atomic mass is 10.0. The van der Waals surface area contributed by atoms with Crippen molar-refractivity contribution in [2.45, 2.75) is 32.4 Å². The van der Waals surface area contributed by atoms with Crippen LogP contribution in [0.25, 0.3) is 0 Å². The summed E-state index contributed by atoms with van der Waals surface area (Å²) in [5, 5.41) is 12.0. The molecule has 7 heteroatoms. The second-order valence-corrected chi connectivity index (χ2v) is 5.80. The highest BCUT2D eigenvalue weighted by atomic mass is 16.5. The fourth-order valence-corrected chi connectivity index (χ4v) is 2.76. The van der Waals surface area contributed by atoms with Crippen molar-refractivity contribution in [2.75, 3.05) is 14.2 Å². The van der Waals surface area contributed by atoms with Gasteiger partial charge in [-0.05, 0) is 24.6 Å². The second kappa shape index (κ2) is 8.53. The maximum absolute atomic E-state index is 12.4. The lowest BCUT2D eigenvalue weighted by molar-refractivity contribution is 0.0630. The third-order valence-electron chi connectivity index (χ3n) is 4.10. The molecular weight excluding hydrogens is 338 g/mol. The average molecular weight is 361 g/mol. The lowest BCUT2D eigenvalue weighted by Crippen LogP contribution is -2.37. The fraction of sp³-hybridized carbons (Fsp3) is 0.368. The van der Waals surface area contributed by atoms with Crippen molar-refractivity contribution in [2.24, 2.45) is 0 Å². The minimum absolute atomic E-state index is 0.00347. The van der Waals surface area contributed by atoms with Gasteiger partial charge >= 0.3 is 5.97 Å². The normalized spacial score (nSPS) is 13.1. The van der Waals surface area contributed by atoms with Crippen molar-refractivity contribution < 1.29 is 28.6 Å². The van der Waals surface area contributed by atoms with E-state index in [-0.39, 0.29) is 29.2 Å². The summed E-state index contributed by atoms with van der Waals surface area (Å²) in [6.07, 6.45) is 0.00112. The van der Waals surface area contributed by atoms with Crippen LogP contribution in [0.15, 0.2) is 34.7 Å². The first-order valence-corrected chi connectivity index (χ1v) is 8.24. The van der Waals surface area contributed by atoms with Gasteiger partial charge in [0.05, 0.1) is 13.2 Å². The molecule has 2 rings (SSSR count). The highest BCUT2D eigenvalue weighted by Crippen LogP contribution is 2.24. The van der Waals surface area contributed by atoms with Gasteiger partial charge in [-0.25, -0.2) is 4.79 Å². The quantitative estimate of drug-likeness (QED) is 0.750. The number of nitrogens with one attached hydrogen (secondary N) is 1. The molecule has 1 amide bonds. The SMILES string of the molecule is CCc1oc(C(=O)NC(C)C(OC)c2ccc(OC)cc2)cc1C(=O)O. The van der Waals surface area contributed by atoms with Gasteiger partial charge in [0.2, 0.25) is 0 Å². The summed E-state index contributed by atoms with van der Waals surface area (Å²) in [7, 11) is 3.15. The zero-order chi connectivity index (χ0) is 19.3. The summed E-state index contributed by atoms with van der Waals surface area (Å²) in [5.41, 5.74) is 0.879. The Balaban J connectivity index is 2.14. The molecule has 0 aliphatic heterocycles. The lowest BCUT2D eigenvalue weighted by Gasteiger charge is -2.24. The number of hydrogen-bond donors (Lipinski definition) is 2. The Morgan fingerprint density at radius 1 is 1.23 bits per heavy atom. The Kier molecular flexibility index (Phi) is 6.41. The van der Waals surface area contributed by atoms with Gasteiger partial charge in [0.25, 0.3) is 5.91 Å². The largest absolute Gasteiger partial charge is 0.497 e. The molecule has 0 saturated carbocycles. The Hall–Kier alpha value is -2.80. The number of carboxylic acid groups (broad SMARTS) is 1. The van der Waals surface area contributed by atoms with E-state index in [9.17, 15) is 9.59 Å². The number of benzene rings is 1. The zero-order valence-corrected chi connectivity index (χ0v) is 15.2. The van der Waals surface area contributed by atoms with E-state index in [2.05, 4.69) is 5.32 Å². The van der Waals surface area contributed by atoms with Gasteiger partial charge in [0, 0.05) is 19.6 Å². The number of carboxylic acids is 1. The molecule has 7 nitrogen and oxygen atoms in total. The molecule has 0 bridgehead atoms. The molecule has 0 aliphatic carbocycles. The molecule has 26 heavy (non-hydrogen) atoms. The highest BCUT2D eigenvalue weighted by Gasteiger charge is 2.25. The molecule has 1 heterocycles. The third kappa shape index (κ3) is 4.23.